The maximum absolute atomic E-state index is 12.4. The number of aliphatic hydroxyl groups excluding tert-OH is 1. The Hall–Kier alpha value is -1.56. The van der Waals surface area contributed by atoms with E-state index in [1.807, 2.05) is 0 Å². The van der Waals surface area contributed by atoms with Crippen LogP contribution in [-0.4, -0.2) is 24.2 Å². The van der Waals surface area contributed by atoms with Crippen molar-refractivity contribution in [3.63, 3.8) is 0 Å². The highest BCUT2D eigenvalue weighted by molar-refractivity contribution is 5.94. The Balaban J connectivity index is 2.75. The number of nitrogens with one attached hydrogen (secondary N) is 1. The molecule has 0 heterocycles. The van der Waals surface area contributed by atoms with Crippen molar-refractivity contribution in [2.24, 2.45) is 5.92 Å². The van der Waals surface area contributed by atoms with Crippen LogP contribution < -0.4 is 5.32 Å². The number of amides is 1. The summed E-state index contributed by atoms with van der Waals surface area (Å²) in [7, 11) is 0. The van der Waals surface area contributed by atoms with E-state index in [0.717, 1.165) is 12.1 Å². The van der Waals surface area contributed by atoms with Gasteiger partial charge in [0.25, 0.3) is 5.91 Å². The van der Waals surface area contributed by atoms with Crippen LogP contribution in [0, 0.1) is 5.92 Å². The van der Waals surface area contributed by atoms with E-state index in [0.29, 0.717) is 0 Å². The molecule has 0 aromatic heterocycles. The molecule has 6 heteroatoms. The van der Waals surface area contributed by atoms with Crippen LogP contribution in [0.15, 0.2) is 24.3 Å². The van der Waals surface area contributed by atoms with E-state index in [-0.39, 0.29) is 24.6 Å². The van der Waals surface area contributed by atoms with E-state index in [2.05, 4.69) is 5.32 Å². The van der Waals surface area contributed by atoms with Crippen LogP contribution in [0.5, 0.6) is 0 Å². The number of benzene rings is 1. The molecule has 1 unspecified atom stereocenters. The van der Waals surface area contributed by atoms with Crippen molar-refractivity contribution in [1.82, 2.24) is 5.32 Å². The van der Waals surface area contributed by atoms with Crippen molar-refractivity contribution in [1.29, 1.82) is 0 Å². The van der Waals surface area contributed by atoms with Crippen LogP contribution in [0.3, 0.4) is 0 Å². The van der Waals surface area contributed by atoms with Gasteiger partial charge in [0.1, 0.15) is 0 Å². The zero-order valence-electron chi connectivity index (χ0n) is 9.79. The van der Waals surface area contributed by atoms with Gasteiger partial charge in [-0.3, -0.25) is 4.79 Å². The van der Waals surface area contributed by atoms with Gasteiger partial charge in [-0.2, -0.15) is 13.2 Å². The molecule has 3 nitrogen and oxygen atoms in total. The fourth-order valence-corrected chi connectivity index (χ4v) is 1.27. The van der Waals surface area contributed by atoms with Crippen molar-refractivity contribution < 1.29 is 23.1 Å². The number of alkyl halides is 3. The monoisotopic (exact) mass is 261 g/mol. The Labute approximate surface area is 103 Å². The average Bonchev–Trinajstić information content (AvgIpc) is 2.34. The maximum atomic E-state index is 12.4. The Kier molecular flexibility index (Phi) is 4.72. The molecule has 1 atom stereocenters. The number of aliphatic hydroxyl groups is 1. The number of rotatable bonds is 4. The number of carbonyl (C=O) groups is 1. The van der Waals surface area contributed by atoms with Crippen LogP contribution in [-0.2, 0) is 6.18 Å². The molecule has 0 spiro atoms. The predicted molar refractivity (Wildman–Crippen MR) is 60.0 cm³/mol. The van der Waals surface area contributed by atoms with Gasteiger partial charge in [-0.05, 0) is 24.1 Å². The lowest BCUT2D eigenvalue weighted by Crippen LogP contribution is -2.29. The van der Waals surface area contributed by atoms with E-state index in [4.69, 9.17) is 5.11 Å². The third kappa shape index (κ3) is 4.03. The summed E-state index contributed by atoms with van der Waals surface area (Å²) in [6, 6.07) is 4.22. The molecule has 1 amide bonds. The van der Waals surface area contributed by atoms with Crippen molar-refractivity contribution in [3.05, 3.63) is 35.4 Å². The largest absolute Gasteiger partial charge is 0.416 e. The second-order valence-corrected chi connectivity index (χ2v) is 4.08. The molecule has 1 aromatic rings. The van der Waals surface area contributed by atoms with Crippen LogP contribution in [0.4, 0.5) is 13.2 Å². The molecule has 0 aliphatic carbocycles. The van der Waals surface area contributed by atoms with Gasteiger partial charge in [0.05, 0.1) is 5.56 Å². The fourth-order valence-electron chi connectivity index (χ4n) is 1.27. The number of hydrogen-bond acceptors (Lipinski definition) is 2. The Bertz CT molecular complexity index is 418. The molecular formula is C12H14F3NO2. The first kappa shape index (κ1) is 14.5. The second-order valence-electron chi connectivity index (χ2n) is 4.08. The lowest BCUT2D eigenvalue weighted by atomic mass is 10.1. The number of carbonyl (C=O) groups excluding carboxylic acids is 1. The third-order valence-electron chi connectivity index (χ3n) is 2.37. The van der Waals surface area contributed by atoms with Gasteiger partial charge >= 0.3 is 6.18 Å². The first-order chi connectivity index (χ1) is 8.34. The second kappa shape index (κ2) is 5.86. The standard InChI is InChI=1S/C12H14F3NO2/c1-8(7-17)6-16-11(18)9-3-2-4-10(5-9)12(13,14)15/h2-5,8,17H,6-7H2,1H3,(H,16,18). The van der Waals surface area contributed by atoms with Crippen molar-refractivity contribution in [2.45, 2.75) is 13.1 Å². The molecule has 0 fully saturated rings. The summed E-state index contributed by atoms with van der Waals surface area (Å²) in [6.45, 7) is 1.83. The van der Waals surface area contributed by atoms with Crippen LogP contribution in [0.25, 0.3) is 0 Å². The summed E-state index contributed by atoms with van der Waals surface area (Å²) < 4.78 is 37.3. The Morgan fingerprint density at radius 3 is 2.67 bits per heavy atom. The topological polar surface area (TPSA) is 49.3 Å². The molecule has 1 aromatic carbocycles. The van der Waals surface area contributed by atoms with Gasteiger partial charge in [0.15, 0.2) is 0 Å². The van der Waals surface area contributed by atoms with Crippen molar-refractivity contribution in [2.75, 3.05) is 13.2 Å². The molecule has 0 aliphatic rings. The van der Waals surface area contributed by atoms with Gasteiger partial charge in [-0.1, -0.05) is 13.0 Å². The van der Waals surface area contributed by atoms with Gasteiger partial charge in [-0.25, -0.2) is 0 Å². The number of hydrogen-bond donors (Lipinski definition) is 2. The smallest absolute Gasteiger partial charge is 0.396 e. The van der Waals surface area contributed by atoms with Crippen LogP contribution >= 0.6 is 0 Å². The van der Waals surface area contributed by atoms with Gasteiger partial charge < -0.3 is 10.4 Å². The highest BCUT2D eigenvalue weighted by atomic mass is 19.4. The molecule has 0 aliphatic heterocycles. The zero-order chi connectivity index (χ0) is 13.8. The van der Waals surface area contributed by atoms with Gasteiger partial charge in [0, 0.05) is 18.7 Å². The molecule has 2 N–H and O–H groups in total. The SMILES string of the molecule is CC(CO)CNC(=O)c1cccc(C(F)(F)F)c1. The normalized spacial score (nSPS) is 13.2. The molecule has 100 valence electrons. The van der Waals surface area contributed by atoms with Gasteiger partial charge in [-0.15, -0.1) is 0 Å². The molecular weight excluding hydrogens is 247 g/mol. The molecule has 18 heavy (non-hydrogen) atoms. The number of halogens is 3. The summed E-state index contributed by atoms with van der Waals surface area (Å²) >= 11 is 0. The Morgan fingerprint density at radius 1 is 1.44 bits per heavy atom. The van der Waals surface area contributed by atoms with E-state index in [1.165, 1.54) is 12.1 Å². The van der Waals surface area contributed by atoms with Crippen molar-refractivity contribution in [3.8, 4) is 0 Å². The minimum atomic E-state index is -4.46. The zero-order valence-corrected chi connectivity index (χ0v) is 9.79. The molecule has 0 radical (unpaired) electrons. The summed E-state index contributed by atoms with van der Waals surface area (Å²) in [5.41, 5.74) is -0.902. The highest BCUT2D eigenvalue weighted by Gasteiger charge is 2.30. The lowest BCUT2D eigenvalue weighted by Gasteiger charge is -2.11. The van der Waals surface area contributed by atoms with E-state index >= 15 is 0 Å². The summed E-state index contributed by atoms with van der Waals surface area (Å²) in [5, 5.41) is 11.2. The lowest BCUT2D eigenvalue weighted by molar-refractivity contribution is -0.137. The minimum Gasteiger partial charge on any atom is -0.396 e. The van der Waals surface area contributed by atoms with Crippen LogP contribution in [0.2, 0.25) is 0 Å². The first-order valence-electron chi connectivity index (χ1n) is 5.41. The average molecular weight is 261 g/mol. The summed E-state index contributed by atoms with van der Waals surface area (Å²) in [6.07, 6.45) is -4.46. The van der Waals surface area contributed by atoms with Crippen molar-refractivity contribution >= 4 is 5.91 Å². The van der Waals surface area contributed by atoms with E-state index in [9.17, 15) is 18.0 Å². The quantitative estimate of drug-likeness (QED) is 0.871. The molecule has 0 bridgehead atoms. The third-order valence-corrected chi connectivity index (χ3v) is 2.37. The molecule has 0 saturated heterocycles. The summed E-state index contributed by atoms with van der Waals surface area (Å²) in [4.78, 5) is 11.6. The minimum absolute atomic E-state index is 0.0463. The fraction of sp³-hybridized carbons (Fsp3) is 0.417. The van der Waals surface area contributed by atoms with E-state index in [1.54, 1.807) is 6.92 Å². The van der Waals surface area contributed by atoms with Gasteiger partial charge in [0.2, 0.25) is 0 Å². The summed E-state index contributed by atoms with van der Waals surface area (Å²) in [5.74, 6) is -0.721. The first-order valence-corrected chi connectivity index (χ1v) is 5.41. The molecule has 0 saturated carbocycles. The van der Waals surface area contributed by atoms with E-state index < -0.39 is 17.6 Å². The molecule has 1 rings (SSSR count). The maximum Gasteiger partial charge on any atom is 0.416 e. The Morgan fingerprint density at radius 2 is 2.11 bits per heavy atom. The highest BCUT2D eigenvalue weighted by Crippen LogP contribution is 2.29. The van der Waals surface area contributed by atoms with Crippen LogP contribution in [0.1, 0.15) is 22.8 Å². The predicted octanol–water partition coefficient (Wildman–Crippen LogP) is 2.06.